The van der Waals surface area contributed by atoms with Gasteiger partial charge in [0.15, 0.2) is 5.13 Å². The van der Waals surface area contributed by atoms with Gasteiger partial charge in [-0.15, -0.1) is 11.3 Å². The van der Waals surface area contributed by atoms with Crippen LogP contribution in [0.1, 0.15) is 20.8 Å². The molecule has 0 aliphatic rings. The van der Waals surface area contributed by atoms with Gasteiger partial charge in [0.1, 0.15) is 0 Å². The van der Waals surface area contributed by atoms with Crippen LogP contribution in [-0.2, 0) is 0 Å². The molecule has 4 rings (SSSR count). The van der Waals surface area contributed by atoms with Crippen LogP contribution in [0.5, 0.6) is 0 Å². The Morgan fingerprint density at radius 3 is 2.64 bits per heavy atom. The van der Waals surface area contributed by atoms with Crippen LogP contribution in [0.4, 0.5) is 5.13 Å². The monoisotopic (exact) mass is 347 g/mol. The van der Waals surface area contributed by atoms with Gasteiger partial charge in [0.05, 0.1) is 11.2 Å². The molecule has 0 unspecified atom stereocenters. The maximum absolute atomic E-state index is 12.9. The standard InChI is InChI=1S/C20H17N3OS/c1-12-5-3-4-6-16(12)19(24)23-10-9-14-11-15(7-8-17(14)23)18-13(2)25-20(21)22-18/h3-11H,1-2H3,(H2,21,22). The minimum Gasteiger partial charge on any atom is -0.375 e. The first-order valence-corrected chi connectivity index (χ1v) is 8.81. The van der Waals surface area contributed by atoms with E-state index in [-0.39, 0.29) is 5.91 Å². The second-order valence-corrected chi connectivity index (χ2v) is 7.27. The second kappa shape index (κ2) is 5.86. The maximum Gasteiger partial charge on any atom is 0.262 e. The molecule has 4 nitrogen and oxygen atoms in total. The molecular weight excluding hydrogens is 330 g/mol. The van der Waals surface area contributed by atoms with Crippen molar-refractivity contribution in [3.63, 3.8) is 0 Å². The Bertz CT molecular complexity index is 1110. The predicted molar refractivity (Wildman–Crippen MR) is 103 cm³/mol. The van der Waals surface area contributed by atoms with Crippen molar-refractivity contribution in [3.8, 4) is 11.3 Å². The molecule has 0 aliphatic heterocycles. The van der Waals surface area contributed by atoms with Crippen molar-refractivity contribution in [2.75, 3.05) is 5.73 Å². The lowest BCUT2D eigenvalue weighted by Gasteiger charge is -2.07. The van der Waals surface area contributed by atoms with E-state index in [0.29, 0.717) is 10.7 Å². The molecule has 124 valence electrons. The molecule has 5 heteroatoms. The summed E-state index contributed by atoms with van der Waals surface area (Å²) in [4.78, 5) is 18.4. The van der Waals surface area contributed by atoms with Crippen molar-refractivity contribution in [2.45, 2.75) is 13.8 Å². The highest BCUT2D eigenvalue weighted by Gasteiger charge is 2.15. The van der Waals surface area contributed by atoms with Crippen molar-refractivity contribution in [1.82, 2.24) is 9.55 Å². The predicted octanol–water partition coefficient (Wildman–Crippen LogP) is 4.65. The molecule has 2 aromatic carbocycles. The van der Waals surface area contributed by atoms with E-state index in [4.69, 9.17) is 5.73 Å². The largest absolute Gasteiger partial charge is 0.375 e. The van der Waals surface area contributed by atoms with E-state index in [9.17, 15) is 4.79 Å². The number of hydrogen-bond donors (Lipinski definition) is 1. The Labute approximate surface area is 149 Å². The number of nitrogens with zero attached hydrogens (tertiary/aromatic N) is 2. The van der Waals surface area contributed by atoms with Crippen LogP contribution >= 0.6 is 11.3 Å². The number of thiazole rings is 1. The number of carbonyl (C=O) groups excluding carboxylic acids is 1. The van der Waals surface area contributed by atoms with Crippen LogP contribution in [0.3, 0.4) is 0 Å². The molecule has 2 aromatic heterocycles. The van der Waals surface area contributed by atoms with Crippen molar-refractivity contribution >= 4 is 33.3 Å². The first kappa shape index (κ1) is 15.6. The Balaban J connectivity index is 1.80. The summed E-state index contributed by atoms with van der Waals surface area (Å²) >= 11 is 1.49. The number of carbonyl (C=O) groups is 1. The summed E-state index contributed by atoms with van der Waals surface area (Å²) in [5, 5.41) is 1.57. The molecule has 0 saturated carbocycles. The summed E-state index contributed by atoms with van der Waals surface area (Å²) in [6, 6.07) is 15.6. The number of hydrogen-bond acceptors (Lipinski definition) is 4. The van der Waals surface area contributed by atoms with Gasteiger partial charge in [-0.1, -0.05) is 24.3 Å². The second-order valence-electron chi connectivity index (χ2n) is 6.04. The summed E-state index contributed by atoms with van der Waals surface area (Å²) in [5.74, 6) is -0.0186. The summed E-state index contributed by atoms with van der Waals surface area (Å²) in [7, 11) is 0. The molecule has 0 radical (unpaired) electrons. The Kier molecular flexibility index (Phi) is 3.66. The molecule has 25 heavy (non-hydrogen) atoms. The number of benzene rings is 2. The molecule has 0 amide bonds. The van der Waals surface area contributed by atoms with Crippen LogP contribution in [0.15, 0.2) is 54.7 Å². The minimum absolute atomic E-state index is 0.0186. The van der Waals surface area contributed by atoms with Gasteiger partial charge in [-0.25, -0.2) is 4.98 Å². The number of nitrogens with two attached hydrogens (primary N) is 1. The van der Waals surface area contributed by atoms with E-state index >= 15 is 0 Å². The van der Waals surface area contributed by atoms with E-state index in [1.165, 1.54) is 11.3 Å². The van der Waals surface area contributed by atoms with Gasteiger partial charge in [-0.3, -0.25) is 9.36 Å². The summed E-state index contributed by atoms with van der Waals surface area (Å²) in [5.41, 5.74) is 10.3. The third-order valence-corrected chi connectivity index (χ3v) is 5.17. The highest BCUT2D eigenvalue weighted by molar-refractivity contribution is 7.15. The topological polar surface area (TPSA) is 60.9 Å². The molecule has 0 bridgehead atoms. The van der Waals surface area contributed by atoms with Crippen LogP contribution < -0.4 is 5.73 Å². The quantitative estimate of drug-likeness (QED) is 0.574. The summed E-state index contributed by atoms with van der Waals surface area (Å²) in [6.07, 6.45) is 1.82. The van der Waals surface area contributed by atoms with Gasteiger partial charge in [-0.2, -0.15) is 0 Å². The van der Waals surface area contributed by atoms with E-state index in [0.717, 1.165) is 32.6 Å². The number of aromatic nitrogens is 2. The van der Waals surface area contributed by atoms with E-state index in [1.54, 1.807) is 4.57 Å². The normalized spacial score (nSPS) is 11.1. The molecule has 2 N–H and O–H groups in total. The fourth-order valence-electron chi connectivity index (χ4n) is 3.09. The average Bonchev–Trinajstić information content (AvgIpc) is 3.16. The Morgan fingerprint density at radius 2 is 1.92 bits per heavy atom. The fourth-order valence-corrected chi connectivity index (χ4v) is 3.81. The van der Waals surface area contributed by atoms with Gasteiger partial charge in [0.2, 0.25) is 0 Å². The molecule has 0 atom stereocenters. The SMILES string of the molecule is Cc1ccccc1C(=O)n1ccc2cc(-c3nc(N)sc3C)ccc21. The lowest BCUT2D eigenvalue weighted by Crippen LogP contribution is -2.11. The molecule has 0 fully saturated rings. The van der Waals surface area contributed by atoms with Crippen molar-refractivity contribution in [2.24, 2.45) is 0 Å². The fraction of sp³-hybridized carbons (Fsp3) is 0.100. The van der Waals surface area contributed by atoms with Crippen LogP contribution in [0.2, 0.25) is 0 Å². The zero-order valence-electron chi connectivity index (χ0n) is 14.0. The first-order valence-electron chi connectivity index (χ1n) is 7.99. The third kappa shape index (κ3) is 2.62. The van der Waals surface area contributed by atoms with Gasteiger partial charge < -0.3 is 5.73 Å². The summed E-state index contributed by atoms with van der Waals surface area (Å²) < 4.78 is 1.70. The summed E-state index contributed by atoms with van der Waals surface area (Å²) in [6.45, 7) is 3.97. The highest BCUT2D eigenvalue weighted by atomic mass is 32.1. The molecule has 0 aliphatic carbocycles. The van der Waals surface area contributed by atoms with Crippen LogP contribution in [-0.4, -0.2) is 15.5 Å². The van der Waals surface area contributed by atoms with E-state index in [1.807, 2.05) is 62.5 Å². The lowest BCUT2D eigenvalue weighted by molar-refractivity contribution is 0.0964. The van der Waals surface area contributed by atoms with Crippen molar-refractivity contribution < 1.29 is 4.79 Å². The number of anilines is 1. The third-order valence-electron chi connectivity index (χ3n) is 4.37. The van der Waals surface area contributed by atoms with Gasteiger partial charge in [0, 0.05) is 27.6 Å². The van der Waals surface area contributed by atoms with Gasteiger partial charge in [0.25, 0.3) is 5.91 Å². The molecular formula is C20H17N3OS. The molecule has 4 aromatic rings. The van der Waals surface area contributed by atoms with Crippen molar-refractivity contribution in [1.29, 1.82) is 0 Å². The number of aryl methyl sites for hydroxylation is 2. The zero-order valence-corrected chi connectivity index (χ0v) is 14.8. The Hall–Kier alpha value is -2.92. The lowest BCUT2D eigenvalue weighted by atomic mass is 10.1. The first-order chi connectivity index (χ1) is 12.0. The van der Waals surface area contributed by atoms with Gasteiger partial charge in [-0.05, 0) is 43.7 Å². The molecule has 0 spiro atoms. The highest BCUT2D eigenvalue weighted by Crippen LogP contribution is 2.31. The van der Waals surface area contributed by atoms with Gasteiger partial charge >= 0.3 is 0 Å². The zero-order chi connectivity index (χ0) is 17.6. The number of fused-ring (bicyclic) bond motifs is 1. The van der Waals surface area contributed by atoms with Crippen LogP contribution in [0.25, 0.3) is 22.2 Å². The molecule has 0 saturated heterocycles. The van der Waals surface area contributed by atoms with Crippen molar-refractivity contribution in [3.05, 3.63) is 70.7 Å². The maximum atomic E-state index is 12.9. The average molecular weight is 347 g/mol. The van der Waals surface area contributed by atoms with E-state index < -0.39 is 0 Å². The number of nitrogen functional groups attached to an aromatic ring is 1. The van der Waals surface area contributed by atoms with E-state index in [2.05, 4.69) is 11.1 Å². The Morgan fingerprint density at radius 1 is 1.12 bits per heavy atom. The van der Waals surface area contributed by atoms with Crippen LogP contribution in [0, 0.1) is 13.8 Å². The number of rotatable bonds is 2. The molecule has 2 heterocycles. The minimum atomic E-state index is -0.0186. The smallest absolute Gasteiger partial charge is 0.262 e.